The molecule has 2 N–H and O–H groups in total. The molecule has 1 aliphatic carbocycles. The molecule has 1 fully saturated rings. The van der Waals surface area contributed by atoms with Crippen LogP contribution in [0.15, 0.2) is 18.5 Å². The van der Waals surface area contributed by atoms with Crippen molar-refractivity contribution in [1.82, 2.24) is 15.0 Å². The zero-order valence-corrected chi connectivity index (χ0v) is 19.5. The van der Waals surface area contributed by atoms with Gasteiger partial charge in [-0.3, -0.25) is 4.79 Å². The molecule has 2 aromatic heterocycles. The summed E-state index contributed by atoms with van der Waals surface area (Å²) in [4.78, 5) is 24.0. The number of ether oxygens (including phenoxy) is 1. The van der Waals surface area contributed by atoms with Crippen LogP contribution in [0.4, 0.5) is 14.6 Å². The number of aliphatic carboxylic acids is 1. The minimum atomic E-state index is -2.98. The van der Waals surface area contributed by atoms with Gasteiger partial charge in [-0.15, -0.1) is 0 Å². The van der Waals surface area contributed by atoms with Gasteiger partial charge in [-0.25, -0.2) is 23.7 Å². The first-order valence-electron chi connectivity index (χ1n) is 12.1. The van der Waals surface area contributed by atoms with E-state index >= 15 is 0 Å². The molecule has 0 amide bonds. The molecule has 7 nitrogen and oxygen atoms in total. The molecule has 4 rings (SSSR count). The van der Waals surface area contributed by atoms with Gasteiger partial charge in [0.25, 0.3) is 0 Å². The summed E-state index contributed by atoms with van der Waals surface area (Å²) in [6.45, 7) is 0.922. The van der Waals surface area contributed by atoms with Crippen molar-refractivity contribution in [3.05, 3.63) is 40.8 Å². The van der Waals surface area contributed by atoms with Crippen LogP contribution >= 0.6 is 0 Å². The van der Waals surface area contributed by atoms with Crippen LogP contribution in [0.5, 0.6) is 6.01 Å². The highest BCUT2D eigenvalue weighted by molar-refractivity contribution is 5.68. The number of carbonyl (C=O) groups is 1. The van der Waals surface area contributed by atoms with Crippen molar-refractivity contribution in [1.29, 1.82) is 0 Å². The maximum absolute atomic E-state index is 14.8. The number of alkyl halides is 2. The Hall–Kier alpha value is -2.84. The van der Waals surface area contributed by atoms with Crippen LogP contribution in [0.2, 0.25) is 0 Å². The van der Waals surface area contributed by atoms with Crippen LogP contribution in [-0.4, -0.2) is 45.6 Å². The van der Waals surface area contributed by atoms with Crippen LogP contribution in [0.1, 0.15) is 85.6 Å². The summed E-state index contributed by atoms with van der Waals surface area (Å²) in [7, 11) is 1.40. The molecule has 0 unspecified atom stereocenters. The maximum Gasteiger partial charge on any atom is 0.316 e. The topological polar surface area (TPSA) is 97.2 Å². The zero-order chi connectivity index (χ0) is 24.1. The second kappa shape index (κ2) is 10.6. The van der Waals surface area contributed by atoms with E-state index in [0.29, 0.717) is 30.7 Å². The number of anilines is 1. The van der Waals surface area contributed by atoms with Crippen molar-refractivity contribution in [3.8, 4) is 6.01 Å². The largest absolute Gasteiger partial charge is 0.481 e. The summed E-state index contributed by atoms with van der Waals surface area (Å²) in [6, 6.07) is 2.39. The lowest BCUT2D eigenvalue weighted by molar-refractivity contribution is -0.138. The number of carboxylic acids is 1. The van der Waals surface area contributed by atoms with Gasteiger partial charge in [0.2, 0.25) is 5.92 Å². The van der Waals surface area contributed by atoms with E-state index in [2.05, 4.69) is 21.4 Å². The Labute approximate surface area is 198 Å². The van der Waals surface area contributed by atoms with Gasteiger partial charge < -0.3 is 15.2 Å². The number of fused-ring (bicyclic) bond motifs is 1. The lowest BCUT2D eigenvalue weighted by Crippen LogP contribution is -2.22. The fourth-order valence-corrected chi connectivity index (χ4v) is 4.69. The Morgan fingerprint density at radius 1 is 1.29 bits per heavy atom. The number of unbranched alkanes of at least 4 members (excludes halogenated alkanes) is 1. The number of aryl methyl sites for hydroxylation is 2. The molecule has 1 atom stereocenters. The molecule has 0 aromatic carbocycles. The Morgan fingerprint density at radius 2 is 2.06 bits per heavy atom. The van der Waals surface area contributed by atoms with Gasteiger partial charge in [0.15, 0.2) is 0 Å². The Kier molecular flexibility index (Phi) is 7.58. The minimum Gasteiger partial charge on any atom is -0.481 e. The molecule has 34 heavy (non-hydrogen) atoms. The number of hydrogen-bond donors (Lipinski definition) is 2. The predicted molar refractivity (Wildman–Crippen MR) is 124 cm³/mol. The number of aromatic nitrogens is 3. The normalized spacial score (nSPS) is 16.4. The van der Waals surface area contributed by atoms with Crippen LogP contribution < -0.4 is 10.1 Å². The predicted octanol–water partition coefficient (Wildman–Crippen LogP) is 5.11. The van der Waals surface area contributed by atoms with Crippen molar-refractivity contribution in [3.63, 3.8) is 0 Å². The Balaban J connectivity index is 1.34. The lowest BCUT2D eigenvalue weighted by atomic mass is 9.89. The van der Waals surface area contributed by atoms with Crippen molar-refractivity contribution in [2.24, 2.45) is 0 Å². The van der Waals surface area contributed by atoms with Gasteiger partial charge in [0.1, 0.15) is 5.82 Å². The molecular formula is C25H32F2N4O3. The highest BCUT2D eigenvalue weighted by Crippen LogP contribution is 2.43. The molecule has 3 heterocycles. The van der Waals surface area contributed by atoms with Crippen molar-refractivity contribution in [2.75, 3.05) is 19.0 Å². The van der Waals surface area contributed by atoms with Gasteiger partial charge in [-0.2, -0.15) is 0 Å². The fourth-order valence-electron chi connectivity index (χ4n) is 4.69. The third-order valence-corrected chi connectivity index (χ3v) is 6.62. The van der Waals surface area contributed by atoms with Crippen LogP contribution in [-0.2, 0) is 17.6 Å². The summed E-state index contributed by atoms with van der Waals surface area (Å²) in [5.74, 6) is -3.46. The molecular weight excluding hydrogens is 442 g/mol. The minimum absolute atomic E-state index is 0.112. The average Bonchev–Trinajstić information content (AvgIpc) is 3.66. The number of carboxylic acid groups (broad SMARTS) is 1. The van der Waals surface area contributed by atoms with Crippen LogP contribution in [0.25, 0.3) is 0 Å². The smallest absolute Gasteiger partial charge is 0.316 e. The summed E-state index contributed by atoms with van der Waals surface area (Å²) >= 11 is 0. The number of hydrogen-bond acceptors (Lipinski definition) is 6. The summed E-state index contributed by atoms with van der Waals surface area (Å²) in [5, 5.41) is 12.6. The van der Waals surface area contributed by atoms with Gasteiger partial charge >= 0.3 is 12.0 Å². The van der Waals surface area contributed by atoms with Crippen LogP contribution in [0.3, 0.4) is 0 Å². The zero-order valence-electron chi connectivity index (χ0n) is 19.5. The van der Waals surface area contributed by atoms with E-state index in [1.54, 1.807) is 0 Å². The SMILES string of the molecule is COc1ncc([C@@H](CC(=O)O)CC(F)(F)CCCCc2nc3c(cc2C2CC2)CCCN3)cn1. The quantitative estimate of drug-likeness (QED) is 0.413. The Morgan fingerprint density at radius 3 is 2.74 bits per heavy atom. The Bertz CT molecular complexity index is 996. The van der Waals surface area contributed by atoms with E-state index in [-0.39, 0.29) is 12.4 Å². The number of pyridine rings is 1. The highest BCUT2D eigenvalue weighted by Gasteiger charge is 2.34. The molecule has 184 valence electrons. The molecule has 0 radical (unpaired) electrons. The number of nitrogens with one attached hydrogen (secondary N) is 1. The third-order valence-electron chi connectivity index (χ3n) is 6.62. The number of nitrogens with zero attached hydrogens (tertiary/aromatic N) is 3. The lowest BCUT2D eigenvalue weighted by Gasteiger charge is -2.23. The van der Waals surface area contributed by atoms with Gasteiger partial charge in [0, 0.05) is 43.4 Å². The van der Waals surface area contributed by atoms with Gasteiger partial charge in [0.05, 0.1) is 13.5 Å². The first kappa shape index (κ1) is 24.3. The van der Waals surface area contributed by atoms with Crippen molar-refractivity contribution >= 4 is 11.8 Å². The van der Waals surface area contributed by atoms with E-state index < -0.39 is 30.7 Å². The number of methoxy groups -OCH3 is 1. The first-order valence-corrected chi connectivity index (χ1v) is 12.1. The summed E-state index contributed by atoms with van der Waals surface area (Å²) < 4.78 is 34.6. The molecule has 9 heteroatoms. The third kappa shape index (κ3) is 6.39. The fraction of sp³-hybridized carbons (Fsp3) is 0.600. The van der Waals surface area contributed by atoms with Gasteiger partial charge in [-0.05, 0) is 67.6 Å². The molecule has 1 saturated carbocycles. The van der Waals surface area contributed by atoms with Crippen LogP contribution in [0, 0.1) is 0 Å². The molecule has 0 spiro atoms. The summed E-state index contributed by atoms with van der Waals surface area (Å²) in [6.07, 6.45) is 7.65. The highest BCUT2D eigenvalue weighted by atomic mass is 19.3. The van der Waals surface area contributed by atoms with E-state index in [1.165, 1.54) is 43.5 Å². The second-order valence-electron chi connectivity index (χ2n) is 9.40. The maximum atomic E-state index is 14.8. The van der Waals surface area contributed by atoms with Crippen molar-refractivity contribution < 1.29 is 23.4 Å². The number of halogens is 2. The van der Waals surface area contributed by atoms with E-state index in [9.17, 15) is 18.7 Å². The van der Waals surface area contributed by atoms with E-state index in [0.717, 1.165) is 30.9 Å². The monoisotopic (exact) mass is 474 g/mol. The summed E-state index contributed by atoms with van der Waals surface area (Å²) in [5.41, 5.74) is 3.99. The van der Waals surface area contributed by atoms with E-state index in [1.807, 2.05) is 0 Å². The molecule has 1 aliphatic heterocycles. The standard InChI is InChI=1S/C25H32F2N4O3/c1-34-24-29-14-19(15-30-24)18(12-22(32)33)13-25(26,27)9-3-2-6-21-20(16-7-8-16)11-17-5-4-10-28-23(17)31-21/h11,14-16,18H,2-10,12-13H2,1H3,(H,28,31)(H,32,33)/t18-/m0/s1. The van der Waals surface area contributed by atoms with Gasteiger partial charge in [-0.1, -0.05) is 6.07 Å². The average molecular weight is 475 g/mol. The molecule has 0 bridgehead atoms. The molecule has 2 aromatic rings. The molecule has 2 aliphatic rings. The van der Waals surface area contributed by atoms with Crippen molar-refractivity contribution in [2.45, 2.75) is 82.0 Å². The molecule has 0 saturated heterocycles. The number of rotatable bonds is 12. The van der Waals surface area contributed by atoms with E-state index in [4.69, 9.17) is 9.72 Å². The first-order chi connectivity index (χ1) is 16.3. The second-order valence-corrected chi connectivity index (χ2v) is 9.40.